The molecule has 2 heterocycles. The number of nitrogens with zero attached hydrogens (tertiary/aromatic N) is 3. The fraction of sp³-hybridized carbons (Fsp3) is 0.462. The molecule has 1 N–H and O–H groups in total. The molecule has 0 bridgehead atoms. The minimum atomic E-state index is 0.471. The first-order valence-corrected chi connectivity index (χ1v) is 6.71. The maximum atomic E-state index is 6.00. The second-order valence-electron chi connectivity index (χ2n) is 4.81. The van der Waals surface area contributed by atoms with Gasteiger partial charge in [0.25, 0.3) is 0 Å². The van der Waals surface area contributed by atoms with Gasteiger partial charge in [0, 0.05) is 12.0 Å². The van der Waals surface area contributed by atoms with Crippen LogP contribution >= 0.6 is 11.6 Å². The molecule has 0 saturated heterocycles. The quantitative estimate of drug-likeness (QED) is 0.870. The molecule has 1 aliphatic rings. The highest BCUT2D eigenvalue weighted by Crippen LogP contribution is 2.38. The van der Waals surface area contributed by atoms with Crippen LogP contribution in [0.1, 0.15) is 41.9 Å². The molecule has 0 amide bonds. The molecule has 1 saturated carbocycles. The summed E-state index contributed by atoms with van der Waals surface area (Å²) < 4.78 is 5.51. The van der Waals surface area contributed by atoms with Crippen LogP contribution in [-0.2, 0) is 6.54 Å². The van der Waals surface area contributed by atoms with E-state index < -0.39 is 0 Å². The third-order valence-electron chi connectivity index (χ3n) is 3.15. The van der Waals surface area contributed by atoms with Gasteiger partial charge in [-0.05, 0) is 26.7 Å². The number of nitrogens with one attached hydrogen (secondary N) is 1. The summed E-state index contributed by atoms with van der Waals surface area (Å²) >= 11 is 6.00. The fourth-order valence-electron chi connectivity index (χ4n) is 1.83. The summed E-state index contributed by atoms with van der Waals surface area (Å²) in [6, 6.07) is 1.72. The van der Waals surface area contributed by atoms with E-state index in [9.17, 15) is 0 Å². The monoisotopic (exact) mass is 278 g/mol. The van der Waals surface area contributed by atoms with Gasteiger partial charge in [-0.3, -0.25) is 0 Å². The summed E-state index contributed by atoms with van der Waals surface area (Å²) in [5.74, 6) is 3.52. The van der Waals surface area contributed by atoms with E-state index in [0.29, 0.717) is 23.5 Å². The van der Waals surface area contributed by atoms with Crippen LogP contribution in [0.2, 0.25) is 5.15 Å². The van der Waals surface area contributed by atoms with Gasteiger partial charge < -0.3 is 9.73 Å². The van der Waals surface area contributed by atoms with Crippen molar-refractivity contribution in [1.82, 2.24) is 15.0 Å². The summed E-state index contributed by atoms with van der Waals surface area (Å²) in [5.41, 5.74) is 0.913. The Labute approximate surface area is 116 Å². The van der Waals surface area contributed by atoms with Crippen molar-refractivity contribution in [3.8, 4) is 0 Å². The Balaban J connectivity index is 1.72. The first-order valence-electron chi connectivity index (χ1n) is 6.33. The Kier molecular flexibility index (Phi) is 3.14. The van der Waals surface area contributed by atoms with Gasteiger partial charge in [-0.1, -0.05) is 11.6 Å². The van der Waals surface area contributed by atoms with E-state index in [4.69, 9.17) is 16.0 Å². The van der Waals surface area contributed by atoms with E-state index in [0.717, 1.165) is 35.9 Å². The molecule has 0 radical (unpaired) electrons. The number of aryl methyl sites for hydroxylation is 2. The molecular weight excluding hydrogens is 264 g/mol. The zero-order valence-electron chi connectivity index (χ0n) is 10.9. The van der Waals surface area contributed by atoms with Crippen LogP contribution in [0.3, 0.4) is 0 Å². The number of halogens is 1. The summed E-state index contributed by atoms with van der Waals surface area (Å²) in [6.45, 7) is 4.32. The van der Waals surface area contributed by atoms with Crippen molar-refractivity contribution < 1.29 is 4.42 Å². The maximum Gasteiger partial charge on any atom is 0.213 e. The fourth-order valence-corrected chi connectivity index (χ4v) is 2.02. The second kappa shape index (κ2) is 4.81. The van der Waals surface area contributed by atoms with Crippen molar-refractivity contribution in [3.05, 3.63) is 34.4 Å². The first-order chi connectivity index (χ1) is 9.11. The third kappa shape index (κ3) is 2.87. The van der Waals surface area contributed by atoms with Crippen molar-refractivity contribution in [3.63, 3.8) is 0 Å². The lowest BCUT2D eigenvalue weighted by atomic mass is 10.4. The van der Waals surface area contributed by atoms with Gasteiger partial charge in [-0.2, -0.15) is 0 Å². The number of hydrogen-bond acceptors (Lipinski definition) is 5. The van der Waals surface area contributed by atoms with Gasteiger partial charge in [0.1, 0.15) is 22.6 Å². The zero-order valence-corrected chi connectivity index (χ0v) is 11.7. The predicted octanol–water partition coefficient (Wildman–Crippen LogP) is 3.22. The summed E-state index contributed by atoms with van der Waals surface area (Å²) in [7, 11) is 0. The van der Waals surface area contributed by atoms with Crippen LogP contribution in [0.4, 0.5) is 5.82 Å². The SMILES string of the molecule is Cc1nc(CNc2cc(Cl)nc(C3CC3)n2)oc1C. The van der Waals surface area contributed by atoms with Crippen LogP contribution < -0.4 is 5.32 Å². The van der Waals surface area contributed by atoms with Gasteiger partial charge >= 0.3 is 0 Å². The van der Waals surface area contributed by atoms with Gasteiger partial charge in [-0.25, -0.2) is 15.0 Å². The van der Waals surface area contributed by atoms with Crippen molar-refractivity contribution in [2.75, 3.05) is 5.32 Å². The lowest BCUT2D eigenvalue weighted by molar-refractivity contribution is 0.478. The third-order valence-corrected chi connectivity index (χ3v) is 3.34. The molecule has 0 aromatic carbocycles. The van der Waals surface area contributed by atoms with Crippen LogP contribution in [0.15, 0.2) is 10.5 Å². The Morgan fingerprint density at radius 3 is 2.74 bits per heavy atom. The molecule has 1 fully saturated rings. The van der Waals surface area contributed by atoms with E-state index in [1.807, 2.05) is 13.8 Å². The van der Waals surface area contributed by atoms with Crippen LogP contribution in [-0.4, -0.2) is 15.0 Å². The number of oxazole rings is 1. The predicted molar refractivity (Wildman–Crippen MR) is 72.3 cm³/mol. The second-order valence-corrected chi connectivity index (χ2v) is 5.20. The van der Waals surface area contributed by atoms with Crippen LogP contribution in [0.5, 0.6) is 0 Å². The minimum absolute atomic E-state index is 0.471. The molecule has 2 aromatic rings. The Bertz CT molecular complexity index is 587. The standard InChI is InChI=1S/C13H15ClN4O/c1-7-8(2)19-12(16-7)6-15-11-5-10(14)17-13(18-11)9-3-4-9/h5,9H,3-4,6H2,1-2H3,(H,15,17,18). The van der Waals surface area contributed by atoms with E-state index >= 15 is 0 Å². The van der Waals surface area contributed by atoms with E-state index in [1.54, 1.807) is 6.07 Å². The lowest BCUT2D eigenvalue weighted by Crippen LogP contribution is -2.04. The van der Waals surface area contributed by atoms with Crippen molar-refractivity contribution in [2.24, 2.45) is 0 Å². The number of aromatic nitrogens is 3. The molecule has 2 aromatic heterocycles. The first kappa shape index (κ1) is 12.4. The smallest absolute Gasteiger partial charge is 0.213 e. The molecule has 100 valence electrons. The zero-order chi connectivity index (χ0) is 13.4. The minimum Gasteiger partial charge on any atom is -0.444 e. The van der Waals surface area contributed by atoms with E-state index in [2.05, 4.69) is 20.3 Å². The summed E-state index contributed by atoms with van der Waals surface area (Å²) in [5, 5.41) is 3.65. The molecule has 3 rings (SSSR count). The molecular formula is C13H15ClN4O. The number of hydrogen-bond donors (Lipinski definition) is 1. The molecule has 0 spiro atoms. The van der Waals surface area contributed by atoms with Gasteiger partial charge in [-0.15, -0.1) is 0 Å². The maximum absolute atomic E-state index is 6.00. The largest absolute Gasteiger partial charge is 0.444 e. The Hall–Kier alpha value is -1.62. The number of anilines is 1. The molecule has 0 unspecified atom stereocenters. The highest BCUT2D eigenvalue weighted by molar-refractivity contribution is 6.29. The average Bonchev–Trinajstić information content (AvgIpc) is 3.15. The topological polar surface area (TPSA) is 63.8 Å². The Morgan fingerprint density at radius 2 is 2.11 bits per heavy atom. The van der Waals surface area contributed by atoms with Crippen LogP contribution in [0.25, 0.3) is 0 Å². The summed E-state index contributed by atoms with van der Waals surface area (Å²) in [6.07, 6.45) is 2.30. The van der Waals surface area contributed by atoms with Gasteiger partial charge in [0.05, 0.1) is 12.2 Å². The molecule has 1 aliphatic carbocycles. The van der Waals surface area contributed by atoms with Gasteiger partial charge in [0.15, 0.2) is 0 Å². The Morgan fingerprint density at radius 1 is 1.32 bits per heavy atom. The molecule has 0 atom stereocenters. The average molecular weight is 279 g/mol. The highest BCUT2D eigenvalue weighted by atomic mass is 35.5. The summed E-state index contributed by atoms with van der Waals surface area (Å²) in [4.78, 5) is 13.0. The van der Waals surface area contributed by atoms with Crippen molar-refractivity contribution >= 4 is 17.4 Å². The molecule has 0 aliphatic heterocycles. The molecule has 5 nitrogen and oxygen atoms in total. The normalized spacial score (nSPS) is 14.7. The van der Waals surface area contributed by atoms with Crippen LogP contribution in [0, 0.1) is 13.8 Å². The lowest BCUT2D eigenvalue weighted by Gasteiger charge is -2.05. The van der Waals surface area contributed by atoms with E-state index in [-0.39, 0.29) is 0 Å². The number of rotatable bonds is 4. The van der Waals surface area contributed by atoms with Gasteiger partial charge in [0.2, 0.25) is 5.89 Å². The van der Waals surface area contributed by atoms with E-state index in [1.165, 1.54) is 0 Å². The molecule has 6 heteroatoms. The highest BCUT2D eigenvalue weighted by Gasteiger charge is 2.27. The molecule has 19 heavy (non-hydrogen) atoms. The van der Waals surface area contributed by atoms with Crippen molar-refractivity contribution in [2.45, 2.75) is 39.2 Å². The van der Waals surface area contributed by atoms with Crippen molar-refractivity contribution in [1.29, 1.82) is 0 Å².